The molecule has 0 saturated heterocycles. The number of methoxy groups -OCH3 is 1. The molecule has 4 aromatic rings. The Morgan fingerprint density at radius 2 is 1.79 bits per heavy atom. The van der Waals surface area contributed by atoms with E-state index in [0.717, 1.165) is 17.1 Å². The minimum atomic E-state index is -0.465. The van der Waals surface area contributed by atoms with Gasteiger partial charge in [0.15, 0.2) is 0 Å². The fraction of sp³-hybridized carbons (Fsp3) is 0.192. The lowest BCUT2D eigenvalue weighted by atomic mass is 9.37. The zero-order valence-corrected chi connectivity index (χ0v) is 19.6. The topological polar surface area (TPSA) is 70.2 Å². The molecule has 5 rings (SSSR count). The number of imidazole rings is 1. The Morgan fingerprint density at radius 1 is 1.09 bits per heavy atom. The predicted molar refractivity (Wildman–Crippen MR) is 137 cm³/mol. The summed E-state index contributed by atoms with van der Waals surface area (Å²) in [5.41, 5.74) is 3.67. The standard InChI is InChI=1S/C16H17BO.C10H8ClN3O2/c1-18-16-11-9-15(10-12-16)17(14-7-8-14)13-5-3-2-4-6-13;11-10-5-9(14(15)16)2-1-8(10)6-13-4-3-12-7-13/h2-6,9-12,14H,7-8H2,1H3;1-5,7H,6H2. The molecule has 1 heterocycles. The second kappa shape index (κ2) is 11.0. The fourth-order valence-corrected chi connectivity index (χ4v) is 4.23. The summed E-state index contributed by atoms with van der Waals surface area (Å²) in [5, 5.41) is 10.9. The van der Waals surface area contributed by atoms with Crippen LogP contribution in [-0.2, 0) is 6.54 Å². The maximum absolute atomic E-state index is 10.5. The van der Waals surface area contributed by atoms with Gasteiger partial charge in [-0.25, -0.2) is 4.98 Å². The molecular weight excluding hydrogens is 449 g/mol. The highest BCUT2D eigenvalue weighted by atomic mass is 35.5. The molecule has 1 aliphatic rings. The van der Waals surface area contributed by atoms with Crippen LogP contribution in [0.3, 0.4) is 0 Å². The first-order chi connectivity index (χ1) is 16.5. The molecule has 0 unspecified atom stereocenters. The molecule has 8 heteroatoms. The van der Waals surface area contributed by atoms with Gasteiger partial charge in [0.2, 0.25) is 6.71 Å². The molecule has 3 aromatic carbocycles. The lowest BCUT2D eigenvalue weighted by Gasteiger charge is -2.14. The first-order valence-corrected chi connectivity index (χ1v) is 11.5. The van der Waals surface area contributed by atoms with Crippen LogP contribution in [0, 0.1) is 10.1 Å². The lowest BCUT2D eigenvalue weighted by Crippen LogP contribution is -2.42. The molecule has 0 aliphatic heterocycles. The third-order valence-electron chi connectivity index (χ3n) is 5.89. The lowest BCUT2D eigenvalue weighted by molar-refractivity contribution is -0.384. The van der Waals surface area contributed by atoms with Gasteiger partial charge >= 0.3 is 0 Å². The Hall–Kier alpha value is -3.58. The van der Waals surface area contributed by atoms with Crippen LogP contribution in [-0.4, -0.2) is 28.3 Å². The number of hydrogen-bond acceptors (Lipinski definition) is 4. The summed E-state index contributed by atoms with van der Waals surface area (Å²) in [6.07, 6.45) is 7.84. The molecule has 1 aliphatic carbocycles. The normalized spacial score (nSPS) is 12.4. The predicted octanol–water partition coefficient (Wildman–Crippen LogP) is 4.96. The molecule has 1 saturated carbocycles. The smallest absolute Gasteiger partial charge is 0.270 e. The number of halogens is 1. The summed E-state index contributed by atoms with van der Waals surface area (Å²) in [5.74, 6) is 1.75. The van der Waals surface area contributed by atoms with Crippen LogP contribution in [0.15, 0.2) is 91.5 Å². The molecule has 0 bridgehead atoms. The van der Waals surface area contributed by atoms with Crippen LogP contribution in [0.2, 0.25) is 10.8 Å². The van der Waals surface area contributed by atoms with Crippen molar-refractivity contribution in [3.63, 3.8) is 0 Å². The molecule has 0 atom stereocenters. The molecule has 6 nitrogen and oxygen atoms in total. The average Bonchev–Trinajstić information content (AvgIpc) is 3.56. The van der Waals surface area contributed by atoms with Gasteiger partial charge in [0.05, 0.1) is 23.4 Å². The van der Waals surface area contributed by atoms with E-state index < -0.39 is 4.92 Å². The summed E-state index contributed by atoms with van der Waals surface area (Å²) in [4.78, 5) is 14.0. The third-order valence-corrected chi connectivity index (χ3v) is 6.24. The van der Waals surface area contributed by atoms with Crippen LogP contribution in [0.25, 0.3) is 0 Å². The van der Waals surface area contributed by atoms with Gasteiger partial charge in [0.1, 0.15) is 5.75 Å². The van der Waals surface area contributed by atoms with Crippen molar-refractivity contribution in [3.8, 4) is 5.75 Å². The van der Waals surface area contributed by atoms with Gasteiger partial charge in [0, 0.05) is 31.1 Å². The highest BCUT2D eigenvalue weighted by Gasteiger charge is 2.36. The van der Waals surface area contributed by atoms with E-state index in [1.54, 1.807) is 31.9 Å². The molecule has 172 valence electrons. The van der Waals surface area contributed by atoms with E-state index in [-0.39, 0.29) is 5.69 Å². The number of non-ortho nitro benzene ring substituents is 1. The van der Waals surface area contributed by atoms with Crippen LogP contribution < -0.4 is 15.7 Å². The number of nitro groups is 1. The second-order valence-corrected chi connectivity index (χ2v) is 8.67. The molecular formula is C26H25BClN3O3. The highest BCUT2D eigenvalue weighted by molar-refractivity contribution is 6.86. The van der Waals surface area contributed by atoms with Crippen molar-refractivity contribution in [2.75, 3.05) is 7.11 Å². The van der Waals surface area contributed by atoms with Gasteiger partial charge in [-0.3, -0.25) is 10.1 Å². The summed E-state index contributed by atoms with van der Waals surface area (Å²) >= 11 is 5.95. The van der Waals surface area contributed by atoms with E-state index in [1.165, 1.54) is 35.9 Å². The Labute approximate surface area is 204 Å². The van der Waals surface area contributed by atoms with E-state index in [4.69, 9.17) is 16.3 Å². The van der Waals surface area contributed by atoms with E-state index in [2.05, 4.69) is 59.6 Å². The zero-order chi connectivity index (χ0) is 23.9. The highest BCUT2D eigenvalue weighted by Crippen LogP contribution is 2.38. The number of nitrogens with zero attached hydrogens (tertiary/aromatic N) is 3. The Kier molecular flexibility index (Phi) is 7.65. The summed E-state index contributed by atoms with van der Waals surface area (Å²) in [7, 11) is 1.71. The molecule has 1 aromatic heterocycles. The van der Waals surface area contributed by atoms with E-state index in [9.17, 15) is 10.1 Å². The number of ether oxygens (including phenoxy) is 1. The Bertz CT molecular complexity index is 1210. The third kappa shape index (κ3) is 6.05. The largest absolute Gasteiger partial charge is 0.497 e. The minimum absolute atomic E-state index is 0.000573. The molecule has 0 N–H and O–H groups in total. The van der Waals surface area contributed by atoms with Gasteiger partial charge in [-0.05, 0) is 23.8 Å². The van der Waals surface area contributed by atoms with Crippen molar-refractivity contribution >= 4 is 34.9 Å². The molecule has 34 heavy (non-hydrogen) atoms. The van der Waals surface area contributed by atoms with Crippen LogP contribution >= 0.6 is 11.6 Å². The van der Waals surface area contributed by atoms with Crippen molar-refractivity contribution in [3.05, 3.63) is 112 Å². The Morgan fingerprint density at radius 3 is 2.35 bits per heavy atom. The number of benzene rings is 3. The monoisotopic (exact) mass is 473 g/mol. The van der Waals surface area contributed by atoms with Crippen LogP contribution in [0.5, 0.6) is 5.75 Å². The maximum Gasteiger partial charge on any atom is 0.270 e. The van der Waals surface area contributed by atoms with E-state index in [1.807, 2.05) is 4.57 Å². The maximum atomic E-state index is 10.5. The SMILES string of the molecule is COc1ccc(B(c2ccccc2)C2CC2)cc1.O=[N+]([O-])c1ccc(Cn2ccnc2)c(Cl)c1. The molecule has 1 fully saturated rings. The van der Waals surface area contributed by atoms with Crippen molar-refractivity contribution in [1.29, 1.82) is 0 Å². The average molecular weight is 474 g/mol. The number of nitro benzene ring substituents is 1. The Balaban J connectivity index is 0.000000162. The van der Waals surface area contributed by atoms with Crippen molar-refractivity contribution in [1.82, 2.24) is 9.55 Å². The quantitative estimate of drug-likeness (QED) is 0.216. The number of rotatable bonds is 7. The van der Waals surface area contributed by atoms with Crippen molar-refractivity contribution < 1.29 is 9.66 Å². The molecule has 0 amide bonds. The van der Waals surface area contributed by atoms with Gasteiger partial charge in [0.25, 0.3) is 5.69 Å². The minimum Gasteiger partial charge on any atom is -0.497 e. The van der Waals surface area contributed by atoms with E-state index >= 15 is 0 Å². The molecule has 0 radical (unpaired) electrons. The van der Waals surface area contributed by atoms with Crippen molar-refractivity contribution in [2.24, 2.45) is 0 Å². The van der Waals surface area contributed by atoms with Gasteiger partial charge < -0.3 is 9.30 Å². The van der Waals surface area contributed by atoms with Crippen LogP contribution in [0.4, 0.5) is 5.69 Å². The van der Waals surface area contributed by atoms with Gasteiger partial charge in [-0.1, -0.05) is 83.7 Å². The first kappa shape index (κ1) is 23.6. The van der Waals surface area contributed by atoms with Gasteiger partial charge in [-0.2, -0.15) is 0 Å². The summed E-state index contributed by atoms with van der Waals surface area (Å²) < 4.78 is 7.07. The number of hydrogen-bond donors (Lipinski definition) is 0. The fourth-order valence-electron chi connectivity index (χ4n) is 3.99. The van der Waals surface area contributed by atoms with E-state index in [0.29, 0.717) is 18.3 Å². The number of aromatic nitrogens is 2. The molecule has 0 spiro atoms. The second-order valence-electron chi connectivity index (χ2n) is 8.27. The van der Waals surface area contributed by atoms with Crippen molar-refractivity contribution in [2.45, 2.75) is 25.2 Å². The first-order valence-electron chi connectivity index (χ1n) is 11.1. The van der Waals surface area contributed by atoms with Gasteiger partial charge in [-0.15, -0.1) is 0 Å². The summed E-state index contributed by atoms with van der Waals surface area (Å²) in [6.45, 7) is 1.11. The van der Waals surface area contributed by atoms with Crippen LogP contribution in [0.1, 0.15) is 18.4 Å². The summed E-state index contributed by atoms with van der Waals surface area (Å²) in [6, 6.07) is 23.8. The zero-order valence-electron chi connectivity index (χ0n) is 18.9.